The van der Waals surface area contributed by atoms with Gasteiger partial charge in [0, 0.05) is 30.4 Å². The number of benzene rings is 1. The summed E-state index contributed by atoms with van der Waals surface area (Å²) in [5.41, 5.74) is 1.27. The lowest BCUT2D eigenvalue weighted by Gasteiger charge is -2.37. The van der Waals surface area contributed by atoms with Crippen LogP contribution in [-0.2, 0) is 24.7 Å². The molecule has 1 atom stereocenters. The molecule has 3 heterocycles. The van der Waals surface area contributed by atoms with Gasteiger partial charge in [-0.1, -0.05) is 12.1 Å². The molecule has 4 aromatic rings. The van der Waals surface area contributed by atoms with Crippen LogP contribution in [0, 0.1) is 18.8 Å². The van der Waals surface area contributed by atoms with Crippen molar-refractivity contribution in [2.75, 3.05) is 12.1 Å². The van der Waals surface area contributed by atoms with Crippen molar-refractivity contribution in [1.82, 2.24) is 15.0 Å². The van der Waals surface area contributed by atoms with Crippen molar-refractivity contribution in [1.29, 1.82) is 0 Å². The minimum absolute atomic E-state index is 0.0309. The monoisotopic (exact) mass is 674 g/mol. The Morgan fingerprint density at radius 1 is 0.980 bits per heavy atom. The SMILES string of the molecule is CC(=O)Oc1ccccc1C(=O)OCOC(=O)[C@H]1CC[C@H]([C@@](C)(O)c2ccc(-c3cc(C)cc(Nc4cc(C(F)F)ccn4)n3)cn2)CC1. The van der Waals surface area contributed by atoms with Crippen LogP contribution in [-0.4, -0.2) is 44.8 Å². The number of pyridine rings is 3. The second-order valence-electron chi connectivity index (χ2n) is 12.0. The maximum atomic E-state index is 13.1. The molecule has 1 fully saturated rings. The number of nitrogens with zero attached hydrogens (tertiary/aromatic N) is 3. The molecule has 1 aliphatic carbocycles. The topological polar surface area (TPSA) is 150 Å². The average molecular weight is 675 g/mol. The Morgan fingerprint density at radius 3 is 2.43 bits per heavy atom. The minimum Gasteiger partial charge on any atom is -0.428 e. The Kier molecular flexibility index (Phi) is 10.9. The van der Waals surface area contributed by atoms with Gasteiger partial charge in [-0.15, -0.1) is 0 Å². The van der Waals surface area contributed by atoms with Crippen molar-refractivity contribution < 1.29 is 42.5 Å². The van der Waals surface area contributed by atoms with E-state index in [9.17, 15) is 28.3 Å². The molecule has 5 rings (SSSR count). The molecule has 0 spiro atoms. The van der Waals surface area contributed by atoms with Gasteiger partial charge in [-0.25, -0.2) is 23.5 Å². The largest absolute Gasteiger partial charge is 0.428 e. The standard InChI is InChI=1S/C36H36F2N4O7/c1-21-16-28(41-32(17-21)42-31-18-24(33(37)38)14-15-39-31)25-10-13-30(40-19-25)36(3,46)26-11-8-23(9-12-26)34(44)47-20-48-35(45)27-6-4-5-7-29(27)49-22(2)43/h4-7,10,13-19,23,26,33,46H,8-9,11-12,20H2,1-3H3,(H,39,41,42)/t23-,26-,36-/m1/s1. The summed E-state index contributed by atoms with van der Waals surface area (Å²) in [6.07, 6.45) is 2.35. The first-order valence-electron chi connectivity index (χ1n) is 15.7. The highest BCUT2D eigenvalue weighted by atomic mass is 19.3. The van der Waals surface area contributed by atoms with Crippen LogP contribution < -0.4 is 10.1 Å². The first kappa shape index (κ1) is 35.0. The Morgan fingerprint density at radius 2 is 1.73 bits per heavy atom. The van der Waals surface area contributed by atoms with Gasteiger partial charge in [0.25, 0.3) is 6.43 Å². The number of rotatable bonds is 11. The Bertz CT molecular complexity index is 1810. The van der Waals surface area contributed by atoms with E-state index in [2.05, 4.69) is 20.3 Å². The predicted octanol–water partition coefficient (Wildman–Crippen LogP) is 6.83. The van der Waals surface area contributed by atoms with Gasteiger partial charge < -0.3 is 24.6 Å². The number of para-hydroxylation sites is 1. The van der Waals surface area contributed by atoms with E-state index in [4.69, 9.17) is 14.2 Å². The minimum atomic E-state index is -2.62. The summed E-state index contributed by atoms with van der Waals surface area (Å²) in [6.45, 7) is 4.22. The number of aryl methyl sites for hydroxylation is 1. The summed E-state index contributed by atoms with van der Waals surface area (Å²) in [7, 11) is 0. The number of ether oxygens (including phenoxy) is 3. The van der Waals surface area contributed by atoms with E-state index in [1.807, 2.05) is 19.1 Å². The zero-order valence-corrected chi connectivity index (χ0v) is 27.2. The summed E-state index contributed by atoms with van der Waals surface area (Å²) in [5.74, 6) is -1.75. The zero-order chi connectivity index (χ0) is 35.1. The fourth-order valence-electron chi connectivity index (χ4n) is 5.82. The molecular weight excluding hydrogens is 638 g/mol. The smallest absolute Gasteiger partial charge is 0.344 e. The first-order chi connectivity index (χ1) is 23.4. The molecule has 0 unspecified atom stereocenters. The number of carbonyl (C=O) groups is 3. The fraction of sp³-hybridized carbons (Fsp3) is 0.333. The summed E-state index contributed by atoms with van der Waals surface area (Å²) >= 11 is 0. The lowest BCUT2D eigenvalue weighted by molar-refractivity contribution is -0.159. The molecule has 2 N–H and O–H groups in total. The molecule has 1 saturated carbocycles. The molecule has 13 heteroatoms. The van der Waals surface area contributed by atoms with Gasteiger partial charge in [0.2, 0.25) is 6.79 Å². The van der Waals surface area contributed by atoms with Crippen LogP contribution >= 0.6 is 0 Å². The maximum absolute atomic E-state index is 13.1. The van der Waals surface area contributed by atoms with Gasteiger partial charge in [0.05, 0.1) is 17.3 Å². The Balaban J connectivity index is 1.15. The Hall–Kier alpha value is -5.30. The lowest BCUT2D eigenvalue weighted by atomic mass is 9.73. The normalized spacial score (nSPS) is 17.1. The summed E-state index contributed by atoms with van der Waals surface area (Å²) in [4.78, 5) is 49.8. The number of hydrogen-bond donors (Lipinski definition) is 2. The molecule has 1 aliphatic rings. The van der Waals surface area contributed by atoms with E-state index in [1.54, 1.807) is 37.4 Å². The van der Waals surface area contributed by atoms with Crippen LogP contribution in [0.25, 0.3) is 11.3 Å². The van der Waals surface area contributed by atoms with Gasteiger partial charge in [-0.05, 0) is 99.5 Å². The molecule has 1 aromatic carbocycles. The molecule has 11 nitrogen and oxygen atoms in total. The molecule has 0 radical (unpaired) electrons. The number of aromatic nitrogens is 3. The second-order valence-corrected chi connectivity index (χ2v) is 12.0. The van der Waals surface area contributed by atoms with Gasteiger partial charge >= 0.3 is 17.9 Å². The van der Waals surface area contributed by atoms with Crippen molar-refractivity contribution in [3.63, 3.8) is 0 Å². The van der Waals surface area contributed by atoms with Gasteiger partial charge in [-0.2, -0.15) is 0 Å². The maximum Gasteiger partial charge on any atom is 0.344 e. The average Bonchev–Trinajstić information content (AvgIpc) is 3.08. The summed E-state index contributed by atoms with van der Waals surface area (Å²) < 4.78 is 41.6. The van der Waals surface area contributed by atoms with Crippen molar-refractivity contribution >= 4 is 29.5 Å². The number of aliphatic hydroxyl groups is 1. The highest BCUT2D eigenvalue weighted by molar-refractivity contribution is 5.93. The van der Waals surface area contributed by atoms with Gasteiger partial charge in [0.1, 0.15) is 28.5 Å². The van der Waals surface area contributed by atoms with E-state index in [-0.39, 0.29) is 28.6 Å². The van der Waals surface area contributed by atoms with Gasteiger partial charge in [0.15, 0.2) is 0 Å². The van der Waals surface area contributed by atoms with E-state index in [0.29, 0.717) is 48.5 Å². The number of nitrogens with one attached hydrogen (secondary N) is 1. The quantitative estimate of drug-likeness (QED) is 0.0980. The predicted molar refractivity (Wildman–Crippen MR) is 174 cm³/mol. The summed E-state index contributed by atoms with van der Waals surface area (Å²) in [6, 6.07) is 15.8. The molecule has 0 aliphatic heterocycles. The molecule has 49 heavy (non-hydrogen) atoms. The number of halogens is 2. The molecular formula is C36H36F2N4O7. The van der Waals surface area contributed by atoms with E-state index in [1.165, 1.54) is 37.4 Å². The van der Waals surface area contributed by atoms with Crippen molar-refractivity contribution in [3.05, 3.63) is 95.4 Å². The number of hydrogen-bond acceptors (Lipinski definition) is 11. The van der Waals surface area contributed by atoms with Crippen LogP contribution in [0.3, 0.4) is 0 Å². The number of carbonyl (C=O) groups excluding carboxylic acids is 3. The van der Waals surface area contributed by atoms with E-state index >= 15 is 0 Å². The van der Waals surface area contributed by atoms with Crippen LogP contribution in [0.1, 0.15) is 73.1 Å². The van der Waals surface area contributed by atoms with Gasteiger partial charge in [-0.3, -0.25) is 14.6 Å². The van der Waals surface area contributed by atoms with E-state index < -0.39 is 42.6 Å². The third kappa shape index (κ3) is 8.79. The van der Waals surface area contributed by atoms with Crippen molar-refractivity contribution in [2.24, 2.45) is 11.8 Å². The fourth-order valence-corrected chi connectivity index (χ4v) is 5.82. The molecule has 0 amide bonds. The summed E-state index contributed by atoms with van der Waals surface area (Å²) in [5, 5.41) is 14.5. The third-order valence-corrected chi connectivity index (χ3v) is 8.45. The van der Waals surface area contributed by atoms with Crippen LogP contribution in [0.4, 0.5) is 20.4 Å². The lowest BCUT2D eigenvalue weighted by Crippen LogP contribution is -2.37. The highest BCUT2D eigenvalue weighted by Crippen LogP contribution is 2.41. The number of anilines is 2. The Labute approximate surface area is 281 Å². The van der Waals surface area contributed by atoms with Crippen molar-refractivity contribution in [3.8, 4) is 17.0 Å². The highest BCUT2D eigenvalue weighted by Gasteiger charge is 2.39. The van der Waals surface area contributed by atoms with Crippen molar-refractivity contribution in [2.45, 2.75) is 58.5 Å². The second kappa shape index (κ2) is 15.3. The van der Waals surface area contributed by atoms with Crippen LogP contribution in [0.2, 0.25) is 0 Å². The number of esters is 3. The van der Waals surface area contributed by atoms with Crippen LogP contribution in [0.5, 0.6) is 5.75 Å². The molecule has 3 aromatic heterocycles. The van der Waals surface area contributed by atoms with E-state index in [0.717, 1.165) is 5.56 Å². The molecule has 0 saturated heterocycles. The first-order valence-corrected chi connectivity index (χ1v) is 15.7. The number of alkyl halides is 2. The van der Waals surface area contributed by atoms with Crippen LogP contribution in [0.15, 0.2) is 73.1 Å². The molecule has 0 bridgehead atoms. The zero-order valence-electron chi connectivity index (χ0n) is 27.2. The molecule has 256 valence electrons. The third-order valence-electron chi connectivity index (χ3n) is 8.45.